The average Bonchev–Trinajstić information content (AvgIpc) is 2.76. The Labute approximate surface area is 103 Å². The van der Waals surface area contributed by atoms with Gasteiger partial charge in [0, 0.05) is 11.6 Å². The lowest BCUT2D eigenvalue weighted by Crippen LogP contribution is -2.01. The van der Waals surface area contributed by atoms with Crippen molar-refractivity contribution in [2.24, 2.45) is 0 Å². The number of aromatic nitrogens is 3. The molecule has 0 aliphatic carbocycles. The van der Waals surface area contributed by atoms with E-state index in [4.69, 9.17) is 5.11 Å². The Kier molecular flexibility index (Phi) is 3.00. The molecule has 78 valence electrons. The summed E-state index contributed by atoms with van der Waals surface area (Å²) < 4.78 is 2.77. The second-order valence-electron chi connectivity index (χ2n) is 2.81. The standard InChI is InChI=1S/C8H6IN3O2S/c9-5-1-10-12(2-5)3-6-4-15-7(11-6)8(13)14/h1-2,4H,3H2,(H,13,14). The van der Waals surface area contributed by atoms with Gasteiger partial charge in [0.1, 0.15) is 0 Å². The van der Waals surface area contributed by atoms with E-state index in [9.17, 15) is 4.79 Å². The third kappa shape index (κ3) is 2.53. The van der Waals surface area contributed by atoms with Gasteiger partial charge in [0.2, 0.25) is 5.01 Å². The van der Waals surface area contributed by atoms with Gasteiger partial charge < -0.3 is 5.11 Å². The van der Waals surface area contributed by atoms with E-state index in [0.29, 0.717) is 6.54 Å². The van der Waals surface area contributed by atoms with Crippen molar-refractivity contribution in [3.63, 3.8) is 0 Å². The van der Waals surface area contributed by atoms with Crippen LogP contribution in [0.15, 0.2) is 17.8 Å². The number of carboxylic acid groups (broad SMARTS) is 1. The van der Waals surface area contributed by atoms with Crippen molar-refractivity contribution in [2.45, 2.75) is 6.54 Å². The number of nitrogens with zero attached hydrogens (tertiary/aromatic N) is 3. The first-order valence-electron chi connectivity index (χ1n) is 4.01. The Morgan fingerprint density at radius 3 is 3.00 bits per heavy atom. The average molecular weight is 335 g/mol. The molecule has 0 aromatic carbocycles. The highest BCUT2D eigenvalue weighted by Crippen LogP contribution is 2.11. The highest BCUT2D eigenvalue weighted by Gasteiger charge is 2.09. The molecule has 5 nitrogen and oxygen atoms in total. The maximum atomic E-state index is 10.6. The Morgan fingerprint density at radius 2 is 2.47 bits per heavy atom. The molecule has 0 amide bonds. The van der Waals surface area contributed by atoms with Crippen LogP contribution in [0, 0.1) is 3.57 Å². The van der Waals surface area contributed by atoms with Crippen molar-refractivity contribution < 1.29 is 9.90 Å². The molecule has 2 rings (SSSR count). The second kappa shape index (κ2) is 4.27. The number of rotatable bonds is 3. The van der Waals surface area contributed by atoms with E-state index < -0.39 is 5.97 Å². The van der Waals surface area contributed by atoms with E-state index in [1.807, 2.05) is 6.20 Å². The molecule has 0 unspecified atom stereocenters. The van der Waals surface area contributed by atoms with Gasteiger partial charge in [-0.25, -0.2) is 9.78 Å². The number of aromatic carboxylic acids is 1. The summed E-state index contributed by atoms with van der Waals surface area (Å²) in [6.07, 6.45) is 3.62. The maximum Gasteiger partial charge on any atom is 0.365 e. The third-order valence-electron chi connectivity index (χ3n) is 1.66. The first kappa shape index (κ1) is 10.6. The molecule has 0 aliphatic rings. The molecule has 1 N–H and O–H groups in total. The lowest BCUT2D eigenvalue weighted by Gasteiger charge is -1.95. The summed E-state index contributed by atoms with van der Waals surface area (Å²) in [5.74, 6) is -0.985. The number of carboxylic acids is 1. The topological polar surface area (TPSA) is 68.0 Å². The Bertz CT molecular complexity index is 494. The molecule has 0 fully saturated rings. The van der Waals surface area contributed by atoms with E-state index in [1.54, 1.807) is 16.3 Å². The highest BCUT2D eigenvalue weighted by atomic mass is 127. The first-order chi connectivity index (χ1) is 7.15. The van der Waals surface area contributed by atoms with Gasteiger partial charge in [0.15, 0.2) is 0 Å². The normalized spacial score (nSPS) is 10.5. The van der Waals surface area contributed by atoms with E-state index in [0.717, 1.165) is 20.6 Å². The Hall–Kier alpha value is -0.960. The molecule has 2 aromatic rings. The summed E-state index contributed by atoms with van der Waals surface area (Å²) in [4.78, 5) is 14.6. The van der Waals surface area contributed by atoms with E-state index >= 15 is 0 Å². The maximum absolute atomic E-state index is 10.6. The van der Waals surface area contributed by atoms with Crippen LogP contribution in [0.5, 0.6) is 0 Å². The predicted octanol–water partition coefficient (Wildman–Crippen LogP) is 1.69. The van der Waals surface area contributed by atoms with Crippen molar-refractivity contribution in [2.75, 3.05) is 0 Å². The van der Waals surface area contributed by atoms with Crippen LogP contribution < -0.4 is 0 Å². The van der Waals surface area contributed by atoms with Gasteiger partial charge in [-0.15, -0.1) is 11.3 Å². The van der Waals surface area contributed by atoms with Gasteiger partial charge in [-0.05, 0) is 22.6 Å². The van der Waals surface area contributed by atoms with Crippen LogP contribution in [0.25, 0.3) is 0 Å². The molecule has 0 radical (unpaired) electrons. The largest absolute Gasteiger partial charge is 0.476 e. The SMILES string of the molecule is O=C(O)c1nc(Cn2cc(I)cn2)cs1. The van der Waals surface area contributed by atoms with Gasteiger partial charge in [-0.1, -0.05) is 0 Å². The van der Waals surface area contributed by atoms with Crippen LogP contribution in [0.3, 0.4) is 0 Å². The first-order valence-corrected chi connectivity index (χ1v) is 5.96. The predicted molar refractivity (Wildman–Crippen MR) is 63.1 cm³/mol. The summed E-state index contributed by atoms with van der Waals surface area (Å²) >= 11 is 3.29. The van der Waals surface area contributed by atoms with Crippen molar-refractivity contribution in [3.8, 4) is 0 Å². The van der Waals surface area contributed by atoms with Crippen LogP contribution in [-0.4, -0.2) is 25.8 Å². The fourth-order valence-electron chi connectivity index (χ4n) is 1.07. The molecular formula is C8H6IN3O2S. The summed E-state index contributed by atoms with van der Waals surface area (Å²) in [6, 6.07) is 0. The molecule has 0 atom stereocenters. The molecule has 15 heavy (non-hydrogen) atoms. The van der Waals surface area contributed by atoms with E-state index in [-0.39, 0.29) is 5.01 Å². The lowest BCUT2D eigenvalue weighted by molar-refractivity contribution is 0.0696. The summed E-state index contributed by atoms with van der Waals surface area (Å²) in [6.45, 7) is 0.507. The lowest BCUT2D eigenvalue weighted by atomic mass is 10.5. The number of carbonyl (C=O) groups is 1. The molecule has 0 saturated heterocycles. The summed E-state index contributed by atoms with van der Waals surface area (Å²) in [7, 11) is 0. The quantitative estimate of drug-likeness (QED) is 0.867. The summed E-state index contributed by atoms with van der Waals surface area (Å²) in [5, 5.41) is 14.6. The zero-order chi connectivity index (χ0) is 10.8. The molecule has 2 aromatic heterocycles. The molecule has 0 saturated carbocycles. The molecule has 0 spiro atoms. The second-order valence-corrected chi connectivity index (χ2v) is 4.91. The zero-order valence-corrected chi connectivity index (χ0v) is 10.4. The fraction of sp³-hybridized carbons (Fsp3) is 0.125. The molecule has 7 heteroatoms. The van der Waals surface area contributed by atoms with Crippen LogP contribution in [0.2, 0.25) is 0 Å². The molecule has 0 bridgehead atoms. The van der Waals surface area contributed by atoms with Crippen LogP contribution in [-0.2, 0) is 6.54 Å². The van der Waals surface area contributed by atoms with Crippen molar-refractivity contribution >= 4 is 39.9 Å². The van der Waals surface area contributed by atoms with Gasteiger partial charge in [0.25, 0.3) is 0 Å². The smallest absolute Gasteiger partial charge is 0.365 e. The van der Waals surface area contributed by atoms with E-state index in [1.165, 1.54) is 0 Å². The van der Waals surface area contributed by atoms with Crippen molar-refractivity contribution in [1.82, 2.24) is 14.8 Å². The highest BCUT2D eigenvalue weighted by molar-refractivity contribution is 14.1. The number of hydrogen-bond acceptors (Lipinski definition) is 4. The number of halogens is 1. The number of hydrogen-bond donors (Lipinski definition) is 1. The van der Waals surface area contributed by atoms with E-state index in [2.05, 4.69) is 32.7 Å². The number of thiazole rings is 1. The van der Waals surface area contributed by atoms with Gasteiger partial charge in [0.05, 0.1) is 22.0 Å². The Morgan fingerprint density at radius 1 is 1.67 bits per heavy atom. The fourth-order valence-corrected chi connectivity index (χ4v) is 2.16. The zero-order valence-electron chi connectivity index (χ0n) is 7.42. The third-order valence-corrected chi connectivity index (χ3v) is 3.10. The van der Waals surface area contributed by atoms with Crippen LogP contribution >= 0.6 is 33.9 Å². The van der Waals surface area contributed by atoms with Crippen molar-refractivity contribution in [1.29, 1.82) is 0 Å². The van der Waals surface area contributed by atoms with Gasteiger partial charge in [-0.3, -0.25) is 4.68 Å². The monoisotopic (exact) mass is 335 g/mol. The minimum atomic E-state index is -0.985. The van der Waals surface area contributed by atoms with Gasteiger partial charge in [-0.2, -0.15) is 5.10 Å². The Balaban J connectivity index is 2.14. The molecular weight excluding hydrogens is 329 g/mol. The molecule has 0 aliphatic heterocycles. The van der Waals surface area contributed by atoms with Gasteiger partial charge >= 0.3 is 5.97 Å². The molecule has 2 heterocycles. The van der Waals surface area contributed by atoms with Crippen LogP contribution in [0.4, 0.5) is 0 Å². The summed E-state index contributed by atoms with van der Waals surface area (Å²) in [5.41, 5.74) is 0.719. The van der Waals surface area contributed by atoms with Crippen molar-refractivity contribution in [3.05, 3.63) is 32.0 Å². The minimum absolute atomic E-state index is 0.117. The van der Waals surface area contributed by atoms with Crippen LogP contribution in [0.1, 0.15) is 15.5 Å². The minimum Gasteiger partial charge on any atom is -0.476 e.